The minimum atomic E-state index is -4.64. The third-order valence-corrected chi connectivity index (χ3v) is 5.30. The Bertz CT molecular complexity index is 1020. The summed E-state index contributed by atoms with van der Waals surface area (Å²) in [5, 5.41) is 4.92. The lowest BCUT2D eigenvalue weighted by Gasteiger charge is -2.34. The van der Waals surface area contributed by atoms with E-state index in [4.69, 9.17) is 4.74 Å². The van der Waals surface area contributed by atoms with Crippen LogP contribution in [0.25, 0.3) is 0 Å². The third kappa shape index (κ3) is 4.58. The number of nitrogens with zero attached hydrogens (tertiary/aromatic N) is 2. The predicted molar refractivity (Wildman–Crippen MR) is 110 cm³/mol. The van der Waals surface area contributed by atoms with Crippen LogP contribution in [-0.2, 0) is 11.0 Å². The van der Waals surface area contributed by atoms with Crippen LogP contribution in [0, 0.1) is 0 Å². The number of ether oxygens (including phenoxy) is 1. The Morgan fingerprint density at radius 3 is 2.55 bits per heavy atom. The zero-order valence-electron chi connectivity index (χ0n) is 16.8. The van der Waals surface area contributed by atoms with Gasteiger partial charge in [0.05, 0.1) is 16.9 Å². The molecule has 0 unspecified atom stereocenters. The summed E-state index contributed by atoms with van der Waals surface area (Å²) in [5.74, 6) is -0.701. The number of fused-ring (bicyclic) bond motifs is 1. The number of alkyl halides is 3. The summed E-state index contributed by atoms with van der Waals surface area (Å²) < 4.78 is 46.4. The summed E-state index contributed by atoms with van der Waals surface area (Å²) in [4.78, 5) is 28.1. The van der Waals surface area contributed by atoms with Gasteiger partial charge < -0.3 is 25.2 Å². The molecule has 0 atom stereocenters. The van der Waals surface area contributed by atoms with Gasteiger partial charge in [-0.2, -0.15) is 13.2 Å². The first-order valence-corrected chi connectivity index (χ1v) is 9.73. The van der Waals surface area contributed by atoms with Gasteiger partial charge >= 0.3 is 6.18 Å². The molecule has 0 aliphatic carbocycles. The zero-order chi connectivity index (χ0) is 22.2. The maximum atomic E-state index is 13.7. The Balaban J connectivity index is 1.58. The molecule has 4 rings (SSSR count). The summed E-state index contributed by atoms with van der Waals surface area (Å²) in [6.07, 6.45) is -4.64. The Hall–Kier alpha value is -3.27. The van der Waals surface area contributed by atoms with E-state index in [0.29, 0.717) is 30.2 Å². The Kier molecular flexibility index (Phi) is 5.48. The Morgan fingerprint density at radius 2 is 1.84 bits per heavy atom. The molecule has 10 heteroatoms. The van der Waals surface area contributed by atoms with E-state index in [0.717, 1.165) is 19.2 Å². The molecule has 2 aliphatic rings. The Morgan fingerprint density at radius 1 is 1.10 bits per heavy atom. The number of benzene rings is 2. The number of anilines is 3. The fourth-order valence-electron chi connectivity index (χ4n) is 3.56. The smallest absolute Gasteiger partial charge is 0.418 e. The molecule has 164 valence electrons. The fourth-order valence-corrected chi connectivity index (χ4v) is 3.56. The molecule has 2 heterocycles. The van der Waals surface area contributed by atoms with E-state index in [1.807, 2.05) is 11.9 Å². The first-order valence-electron chi connectivity index (χ1n) is 9.73. The molecular weight excluding hydrogens is 413 g/mol. The molecule has 2 aromatic carbocycles. The molecule has 0 radical (unpaired) electrons. The summed E-state index contributed by atoms with van der Waals surface area (Å²) in [6, 6.07) is 8.21. The monoisotopic (exact) mass is 434 g/mol. The van der Waals surface area contributed by atoms with Crippen LogP contribution in [0.15, 0.2) is 36.4 Å². The number of nitrogens with one attached hydrogen (secondary N) is 2. The summed E-state index contributed by atoms with van der Waals surface area (Å²) in [7, 11) is 1.97. The highest BCUT2D eigenvalue weighted by atomic mass is 19.4. The van der Waals surface area contributed by atoms with Crippen LogP contribution >= 0.6 is 0 Å². The normalized spacial score (nSPS) is 16.9. The molecule has 0 saturated carbocycles. The second-order valence-corrected chi connectivity index (χ2v) is 7.52. The number of hydrogen-bond donors (Lipinski definition) is 2. The highest BCUT2D eigenvalue weighted by molar-refractivity contribution is 6.06. The van der Waals surface area contributed by atoms with E-state index in [-0.39, 0.29) is 23.8 Å². The lowest BCUT2D eigenvalue weighted by Crippen LogP contribution is -2.44. The highest BCUT2D eigenvalue weighted by Gasteiger charge is 2.35. The SMILES string of the molecule is CN1CCN(c2ccc(NC(=O)c3ccc4c(c3)NC(=O)CO4)c(C(F)(F)F)c2)CC1. The van der Waals surface area contributed by atoms with Gasteiger partial charge in [-0.3, -0.25) is 9.59 Å². The van der Waals surface area contributed by atoms with Gasteiger partial charge in [-0.25, -0.2) is 0 Å². The maximum absolute atomic E-state index is 13.7. The summed E-state index contributed by atoms with van der Waals surface area (Å²) in [5.41, 5.74) is -0.376. The van der Waals surface area contributed by atoms with Crippen molar-refractivity contribution in [3.63, 3.8) is 0 Å². The standard InChI is InChI=1S/C21H21F3N4O3/c1-27-6-8-28(9-7-27)14-3-4-16(15(11-14)21(22,23)24)26-20(30)13-2-5-18-17(10-13)25-19(29)12-31-18/h2-5,10-11H,6-9,12H2,1H3,(H,25,29)(H,26,30). The van der Waals surface area contributed by atoms with Crippen molar-refractivity contribution in [2.45, 2.75) is 6.18 Å². The van der Waals surface area contributed by atoms with Crippen molar-refractivity contribution in [3.8, 4) is 5.75 Å². The highest BCUT2D eigenvalue weighted by Crippen LogP contribution is 2.38. The fraction of sp³-hybridized carbons (Fsp3) is 0.333. The number of piperazine rings is 1. The van der Waals surface area contributed by atoms with E-state index >= 15 is 0 Å². The lowest BCUT2D eigenvalue weighted by molar-refractivity contribution is -0.136. The molecule has 2 N–H and O–H groups in total. The summed E-state index contributed by atoms with van der Waals surface area (Å²) >= 11 is 0. The maximum Gasteiger partial charge on any atom is 0.418 e. The van der Waals surface area contributed by atoms with E-state index in [1.54, 1.807) is 6.07 Å². The molecule has 2 aromatic rings. The molecule has 31 heavy (non-hydrogen) atoms. The van der Waals surface area contributed by atoms with Crippen LogP contribution in [0.4, 0.5) is 30.2 Å². The first kappa shape index (κ1) is 21.0. The van der Waals surface area contributed by atoms with Gasteiger partial charge in [-0.15, -0.1) is 0 Å². The van der Waals surface area contributed by atoms with Crippen molar-refractivity contribution >= 4 is 28.9 Å². The van der Waals surface area contributed by atoms with Crippen molar-refractivity contribution in [3.05, 3.63) is 47.5 Å². The topological polar surface area (TPSA) is 73.9 Å². The minimum Gasteiger partial charge on any atom is -0.482 e. The van der Waals surface area contributed by atoms with Crippen molar-refractivity contribution in [2.75, 3.05) is 55.4 Å². The van der Waals surface area contributed by atoms with E-state index in [9.17, 15) is 22.8 Å². The molecule has 1 saturated heterocycles. The predicted octanol–water partition coefficient (Wildman–Crippen LogP) is 3.04. The number of likely N-dealkylation sites (N-methyl/N-ethyl adjacent to an activating group) is 1. The van der Waals surface area contributed by atoms with Crippen molar-refractivity contribution in [1.82, 2.24) is 4.90 Å². The molecule has 0 spiro atoms. The Labute approximate surface area is 176 Å². The molecule has 2 aliphatic heterocycles. The second kappa shape index (κ2) is 8.10. The van der Waals surface area contributed by atoms with Gasteiger partial charge in [-0.05, 0) is 43.4 Å². The molecule has 7 nitrogen and oxygen atoms in total. The van der Waals surface area contributed by atoms with Gasteiger partial charge in [0.1, 0.15) is 5.75 Å². The van der Waals surface area contributed by atoms with Crippen LogP contribution in [0.2, 0.25) is 0 Å². The number of carbonyl (C=O) groups is 2. The number of rotatable bonds is 3. The van der Waals surface area contributed by atoms with Crippen LogP contribution in [-0.4, -0.2) is 56.5 Å². The quantitative estimate of drug-likeness (QED) is 0.777. The third-order valence-electron chi connectivity index (χ3n) is 5.30. The number of carbonyl (C=O) groups excluding carboxylic acids is 2. The van der Waals surface area contributed by atoms with Crippen molar-refractivity contribution in [1.29, 1.82) is 0 Å². The van der Waals surface area contributed by atoms with E-state index in [1.165, 1.54) is 24.3 Å². The van der Waals surface area contributed by atoms with Gasteiger partial charge in [0.15, 0.2) is 6.61 Å². The molecule has 0 aromatic heterocycles. The number of amides is 2. The van der Waals surface area contributed by atoms with Crippen LogP contribution in [0.1, 0.15) is 15.9 Å². The van der Waals surface area contributed by atoms with Gasteiger partial charge in [0.25, 0.3) is 11.8 Å². The second-order valence-electron chi connectivity index (χ2n) is 7.52. The van der Waals surface area contributed by atoms with Gasteiger partial charge in [0.2, 0.25) is 0 Å². The van der Waals surface area contributed by atoms with E-state index in [2.05, 4.69) is 15.5 Å². The van der Waals surface area contributed by atoms with Gasteiger partial charge in [0, 0.05) is 37.4 Å². The van der Waals surface area contributed by atoms with Crippen LogP contribution in [0.5, 0.6) is 5.75 Å². The van der Waals surface area contributed by atoms with Gasteiger partial charge in [-0.1, -0.05) is 0 Å². The zero-order valence-corrected chi connectivity index (χ0v) is 16.8. The minimum absolute atomic E-state index is 0.0980. The largest absolute Gasteiger partial charge is 0.482 e. The molecule has 2 amide bonds. The lowest BCUT2D eigenvalue weighted by atomic mass is 10.1. The molecule has 1 fully saturated rings. The first-order chi connectivity index (χ1) is 14.7. The molecular formula is C21H21F3N4O3. The van der Waals surface area contributed by atoms with Crippen LogP contribution in [0.3, 0.4) is 0 Å². The average Bonchev–Trinajstić information content (AvgIpc) is 2.73. The van der Waals surface area contributed by atoms with E-state index < -0.39 is 17.6 Å². The summed E-state index contributed by atoms with van der Waals surface area (Å²) in [6.45, 7) is 2.65. The number of halogens is 3. The van der Waals surface area contributed by atoms with Crippen LogP contribution < -0.4 is 20.3 Å². The number of hydrogen-bond acceptors (Lipinski definition) is 5. The van der Waals surface area contributed by atoms with Crippen molar-refractivity contribution < 1.29 is 27.5 Å². The average molecular weight is 434 g/mol. The van der Waals surface area contributed by atoms with Crippen molar-refractivity contribution in [2.24, 2.45) is 0 Å². The molecule has 0 bridgehead atoms.